The first-order valence-electron chi connectivity index (χ1n) is 9.68. The molecule has 6 nitrogen and oxygen atoms in total. The second kappa shape index (κ2) is 8.02. The Morgan fingerprint density at radius 3 is 3.07 bits per heavy atom. The van der Waals surface area contributed by atoms with E-state index in [0.717, 1.165) is 30.8 Å². The van der Waals surface area contributed by atoms with Gasteiger partial charge in [0.25, 0.3) is 5.91 Å². The number of ether oxygens (including phenoxy) is 2. The number of fused-ring (bicyclic) bond motifs is 1. The van der Waals surface area contributed by atoms with Crippen molar-refractivity contribution in [3.05, 3.63) is 65.6 Å². The summed E-state index contributed by atoms with van der Waals surface area (Å²) in [5.74, 6) is 0.530. The van der Waals surface area contributed by atoms with Gasteiger partial charge in [-0.05, 0) is 56.5 Å². The van der Waals surface area contributed by atoms with Crippen LogP contribution in [-0.2, 0) is 11.3 Å². The minimum Gasteiger partial charge on any atom is -0.487 e. The molecular formula is C22H25N3O3. The van der Waals surface area contributed by atoms with Crippen LogP contribution in [-0.4, -0.2) is 34.0 Å². The lowest BCUT2D eigenvalue weighted by Crippen LogP contribution is -2.40. The van der Waals surface area contributed by atoms with E-state index in [9.17, 15) is 4.79 Å². The maximum absolute atomic E-state index is 12.5. The number of nitrogens with one attached hydrogen (secondary N) is 1. The number of nitrogens with zero attached hydrogens (tertiary/aromatic N) is 2. The summed E-state index contributed by atoms with van der Waals surface area (Å²) in [6, 6.07) is 11.2. The number of aryl methyl sites for hydroxylation is 1. The highest BCUT2D eigenvalue weighted by atomic mass is 16.5. The van der Waals surface area contributed by atoms with E-state index in [4.69, 9.17) is 9.47 Å². The number of benzene rings is 1. The van der Waals surface area contributed by atoms with Crippen molar-refractivity contribution in [3.63, 3.8) is 0 Å². The Labute approximate surface area is 164 Å². The van der Waals surface area contributed by atoms with E-state index in [1.807, 2.05) is 54.9 Å². The molecule has 28 heavy (non-hydrogen) atoms. The number of pyridine rings is 1. The van der Waals surface area contributed by atoms with E-state index in [1.165, 1.54) is 5.56 Å². The molecule has 2 atom stereocenters. The predicted molar refractivity (Wildman–Crippen MR) is 107 cm³/mol. The number of hydrogen-bond donors (Lipinski definition) is 1. The second-order valence-corrected chi connectivity index (χ2v) is 7.33. The van der Waals surface area contributed by atoms with E-state index in [1.54, 1.807) is 12.1 Å². The van der Waals surface area contributed by atoms with Gasteiger partial charge in [0.1, 0.15) is 18.0 Å². The molecule has 0 saturated carbocycles. The fourth-order valence-electron chi connectivity index (χ4n) is 3.49. The normalized spacial score (nSPS) is 17.6. The number of amides is 1. The van der Waals surface area contributed by atoms with Crippen molar-refractivity contribution >= 4 is 11.6 Å². The highest BCUT2D eigenvalue weighted by Crippen LogP contribution is 2.18. The van der Waals surface area contributed by atoms with E-state index in [0.29, 0.717) is 17.9 Å². The molecule has 6 heteroatoms. The first-order chi connectivity index (χ1) is 13.6. The standard InChI is InChI=1S/C22H25N3O3/c1-15-8-9-21-24-18(13-25(21)12-15)14-28-19-6-3-5-17(11-19)22(26)23-16(2)20-7-4-10-27-20/h3,5-6,8-9,11-13,16,20H,4,7,10,14H2,1-2H3,(H,23,26). The van der Waals surface area contributed by atoms with Gasteiger partial charge in [0.05, 0.1) is 17.8 Å². The maximum atomic E-state index is 12.5. The lowest BCUT2D eigenvalue weighted by atomic mass is 10.1. The quantitative estimate of drug-likeness (QED) is 0.712. The third-order valence-electron chi connectivity index (χ3n) is 5.01. The lowest BCUT2D eigenvalue weighted by Gasteiger charge is -2.20. The molecule has 0 radical (unpaired) electrons. The average molecular weight is 379 g/mol. The molecular weight excluding hydrogens is 354 g/mol. The van der Waals surface area contributed by atoms with Gasteiger partial charge in [-0.25, -0.2) is 4.98 Å². The smallest absolute Gasteiger partial charge is 0.251 e. The third-order valence-corrected chi connectivity index (χ3v) is 5.01. The Morgan fingerprint density at radius 2 is 2.25 bits per heavy atom. The molecule has 0 spiro atoms. The van der Waals surface area contributed by atoms with E-state index >= 15 is 0 Å². The van der Waals surface area contributed by atoms with Crippen LogP contribution >= 0.6 is 0 Å². The van der Waals surface area contributed by atoms with Crippen LogP contribution in [0.2, 0.25) is 0 Å². The molecule has 3 heterocycles. The molecule has 0 aliphatic carbocycles. The van der Waals surface area contributed by atoms with Gasteiger partial charge in [-0.2, -0.15) is 0 Å². The predicted octanol–water partition coefficient (Wildman–Crippen LogP) is 3.52. The lowest BCUT2D eigenvalue weighted by molar-refractivity contribution is 0.0712. The minimum absolute atomic E-state index is 0.0130. The first-order valence-corrected chi connectivity index (χ1v) is 9.68. The van der Waals surface area contributed by atoms with Crippen molar-refractivity contribution in [2.45, 2.75) is 45.4 Å². The molecule has 1 saturated heterocycles. The van der Waals surface area contributed by atoms with E-state index in [-0.39, 0.29) is 18.1 Å². The van der Waals surface area contributed by atoms with Gasteiger partial charge in [-0.15, -0.1) is 0 Å². The number of rotatable bonds is 6. The molecule has 0 bridgehead atoms. The van der Waals surface area contributed by atoms with E-state index in [2.05, 4.69) is 10.3 Å². The zero-order valence-electron chi connectivity index (χ0n) is 16.2. The SMILES string of the molecule is Cc1ccc2nc(COc3cccc(C(=O)NC(C)C4CCCO4)c3)cn2c1. The number of carbonyl (C=O) groups is 1. The Balaban J connectivity index is 1.39. The van der Waals surface area contributed by atoms with Gasteiger partial charge >= 0.3 is 0 Å². The highest BCUT2D eigenvalue weighted by Gasteiger charge is 2.24. The molecule has 4 rings (SSSR count). The van der Waals surface area contributed by atoms with Crippen molar-refractivity contribution < 1.29 is 14.3 Å². The maximum Gasteiger partial charge on any atom is 0.251 e. The zero-order valence-corrected chi connectivity index (χ0v) is 16.2. The number of aromatic nitrogens is 2. The van der Waals surface area contributed by atoms with Crippen molar-refractivity contribution in [1.29, 1.82) is 0 Å². The van der Waals surface area contributed by atoms with Gasteiger partial charge in [0.15, 0.2) is 0 Å². The van der Waals surface area contributed by atoms with Crippen LogP contribution in [0.4, 0.5) is 0 Å². The summed E-state index contributed by atoms with van der Waals surface area (Å²) in [6.07, 6.45) is 6.14. The second-order valence-electron chi connectivity index (χ2n) is 7.33. The molecule has 2 aromatic heterocycles. The van der Waals surface area contributed by atoms with Gasteiger partial charge in [-0.1, -0.05) is 12.1 Å². The topological polar surface area (TPSA) is 64.9 Å². The summed E-state index contributed by atoms with van der Waals surface area (Å²) in [6.45, 7) is 5.15. The summed E-state index contributed by atoms with van der Waals surface area (Å²) in [4.78, 5) is 17.1. The van der Waals surface area contributed by atoms with Crippen LogP contribution in [0.3, 0.4) is 0 Å². The Kier molecular flexibility index (Phi) is 5.30. The average Bonchev–Trinajstić information content (AvgIpc) is 3.36. The Bertz CT molecular complexity index is 976. The summed E-state index contributed by atoms with van der Waals surface area (Å²) >= 11 is 0. The Hall–Kier alpha value is -2.86. The fourth-order valence-corrected chi connectivity index (χ4v) is 3.49. The van der Waals surface area contributed by atoms with Crippen LogP contribution in [0.15, 0.2) is 48.8 Å². The van der Waals surface area contributed by atoms with Crippen LogP contribution < -0.4 is 10.1 Å². The third kappa shape index (κ3) is 4.17. The van der Waals surface area contributed by atoms with Crippen LogP contribution in [0.25, 0.3) is 5.65 Å². The van der Waals surface area contributed by atoms with Crippen molar-refractivity contribution in [2.75, 3.05) is 6.61 Å². The molecule has 2 unspecified atom stereocenters. The van der Waals surface area contributed by atoms with Crippen LogP contribution in [0, 0.1) is 6.92 Å². The van der Waals surface area contributed by atoms with Crippen molar-refractivity contribution in [3.8, 4) is 5.75 Å². The molecule has 3 aromatic rings. The Morgan fingerprint density at radius 1 is 1.36 bits per heavy atom. The minimum atomic E-state index is -0.114. The molecule has 1 N–H and O–H groups in total. The van der Waals surface area contributed by atoms with Crippen molar-refractivity contribution in [1.82, 2.24) is 14.7 Å². The molecule has 1 aliphatic heterocycles. The summed E-state index contributed by atoms with van der Waals surface area (Å²) in [7, 11) is 0. The summed E-state index contributed by atoms with van der Waals surface area (Å²) in [5.41, 5.74) is 3.48. The van der Waals surface area contributed by atoms with Crippen molar-refractivity contribution in [2.24, 2.45) is 0 Å². The molecule has 1 amide bonds. The van der Waals surface area contributed by atoms with Gasteiger partial charge in [0.2, 0.25) is 0 Å². The first kappa shape index (κ1) is 18.5. The van der Waals surface area contributed by atoms with E-state index < -0.39 is 0 Å². The number of hydrogen-bond acceptors (Lipinski definition) is 4. The van der Waals surface area contributed by atoms with Gasteiger partial charge in [0, 0.05) is 24.6 Å². The number of imidazole rings is 1. The molecule has 1 fully saturated rings. The molecule has 1 aliphatic rings. The number of carbonyl (C=O) groups excluding carboxylic acids is 1. The van der Waals surface area contributed by atoms with Crippen LogP contribution in [0.5, 0.6) is 5.75 Å². The molecule has 146 valence electrons. The largest absolute Gasteiger partial charge is 0.487 e. The fraction of sp³-hybridized carbons (Fsp3) is 0.364. The van der Waals surface area contributed by atoms with Crippen LogP contribution in [0.1, 0.15) is 41.4 Å². The zero-order chi connectivity index (χ0) is 19.5. The highest BCUT2D eigenvalue weighted by molar-refractivity contribution is 5.94. The monoisotopic (exact) mass is 379 g/mol. The van der Waals surface area contributed by atoms with Gasteiger partial charge < -0.3 is 19.2 Å². The summed E-state index contributed by atoms with van der Waals surface area (Å²) in [5, 5.41) is 3.03. The molecule has 1 aromatic carbocycles. The van der Waals surface area contributed by atoms with Gasteiger partial charge in [-0.3, -0.25) is 4.79 Å². The summed E-state index contributed by atoms with van der Waals surface area (Å²) < 4.78 is 13.5.